The summed E-state index contributed by atoms with van der Waals surface area (Å²) in [6.07, 6.45) is 2.24. The highest BCUT2D eigenvalue weighted by molar-refractivity contribution is 5.83. The molecular formula is C11H22N2O2. The third-order valence-corrected chi connectivity index (χ3v) is 2.84. The molecule has 4 heteroatoms. The van der Waals surface area contributed by atoms with E-state index in [1.807, 2.05) is 6.92 Å². The van der Waals surface area contributed by atoms with E-state index in [4.69, 9.17) is 0 Å². The summed E-state index contributed by atoms with van der Waals surface area (Å²) in [4.78, 5) is 13.6. The third-order valence-electron chi connectivity index (χ3n) is 2.84. The second kappa shape index (κ2) is 6.08. The average molecular weight is 214 g/mol. The van der Waals surface area contributed by atoms with Crippen molar-refractivity contribution in [3.63, 3.8) is 0 Å². The number of hydrogen-bond acceptors (Lipinski definition) is 3. The maximum absolute atomic E-state index is 11.8. The SMILES string of the molecule is CCCNC1CCN(CC(O)CC)C1=O. The van der Waals surface area contributed by atoms with Crippen LogP contribution in [0.3, 0.4) is 0 Å². The molecule has 2 unspecified atom stereocenters. The van der Waals surface area contributed by atoms with Crippen molar-refractivity contribution in [2.45, 2.75) is 45.3 Å². The Morgan fingerprint density at radius 3 is 2.93 bits per heavy atom. The zero-order chi connectivity index (χ0) is 11.3. The molecule has 0 aliphatic carbocycles. The maximum Gasteiger partial charge on any atom is 0.239 e. The molecule has 1 saturated heterocycles. The van der Waals surface area contributed by atoms with E-state index < -0.39 is 0 Å². The van der Waals surface area contributed by atoms with Crippen molar-refractivity contribution >= 4 is 5.91 Å². The average Bonchev–Trinajstić information content (AvgIpc) is 2.57. The van der Waals surface area contributed by atoms with Crippen molar-refractivity contribution in [2.75, 3.05) is 19.6 Å². The lowest BCUT2D eigenvalue weighted by Crippen LogP contribution is -2.41. The zero-order valence-electron chi connectivity index (χ0n) is 9.70. The lowest BCUT2D eigenvalue weighted by Gasteiger charge is -2.19. The zero-order valence-corrected chi connectivity index (χ0v) is 9.70. The van der Waals surface area contributed by atoms with E-state index in [-0.39, 0.29) is 18.1 Å². The van der Waals surface area contributed by atoms with E-state index in [2.05, 4.69) is 12.2 Å². The van der Waals surface area contributed by atoms with Gasteiger partial charge in [-0.15, -0.1) is 0 Å². The van der Waals surface area contributed by atoms with Gasteiger partial charge in [0.2, 0.25) is 5.91 Å². The smallest absolute Gasteiger partial charge is 0.239 e. The first-order chi connectivity index (χ1) is 7.19. The highest BCUT2D eigenvalue weighted by Crippen LogP contribution is 2.12. The maximum atomic E-state index is 11.8. The van der Waals surface area contributed by atoms with Crippen molar-refractivity contribution in [3.05, 3.63) is 0 Å². The van der Waals surface area contributed by atoms with Gasteiger partial charge in [-0.25, -0.2) is 0 Å². The Morgan fingerprint density at radius 2 is 2.33 bits per heavy atom. The highest BCUT2D eigenvalue weighted by atomic mass is 16.3. The number of amides is 1. The van der Waals surface area contributed by atoms with Crippen LogP contribution >= 0.6 is 0 Å². The Kier molecular flexibility index (Phi) is 5.05. The first-order valence-electron chi connectivity index (χ1n) is 5.89. The van der Waals surface area contributed by atoms with Crippen LogP contribution in [-0.4, -0.2) is 47.7 Å². The Hall–Kier alpha value is -0.610. The van der Waals surface area contributed by atoms with E-state index in [9.17, 15) is 9.90 Å². The van der Waals surface area contributed by atoms with Gasteiger partial charge in [0.05, 0.1) is 12.1 Å². The summed E-state index contributed by atoms with van der Waals surface area (Å²) in [7, 11) is 0. The van der Waals surface area contributed by atoms with E-state index in [0.717, 1.165) is 25.9 Å². The summed E-state index contributed by atoms with van der Waals surface area (Å²) in [6.45, 7) is 6.17. The molecule has 2 atom stereocenters. The molecule has 4 nitrogen and oxygen atoms in total. The van der Waals surface area contributed by atoms with Gasteiger partial charge in [-0.2, -0.15) is 0 Å². The number of carbonyl (C=O) groups is 1. The van der Waals surface area contributed by atoms with Crippen molar-refractivity contribution in [1.29, 1.82) is 0 Å². The Balaban J connectivity index is 2.35. The number of rotatable bonds is 6. The van der Waals surface area contributed by atoms with Crippen molar-refractivity contribution < 1.29 is 9.90 Å². The highest BCUT2D eigenvalue weighted by Gasteiger charge is 2.31. The van der Waals surface area contributed by atoms with Gasteiger partial charge in [0.25, 0.3) is 0 Å². The third kappa shape index (κ3) is 3.47. The number of nitrogens with zero attached hydrogens (tertiary/aromatic N) is 1. The number of hydrogen-bond donors (Lipinski definition) is 2. The van der Waals surface area contributed by atoms with Crippen LogP contribution < -0.4 is 5.32 Å². The summed E-state index contributed by atoms with van der Waals surface area (Å²) >= 11 is 0. The van der Waals surface area contributed by atoms with Gasteiger partial charge in [0.1, 0.15) is 0 Å². The molecule has 0 aromatic rings. The number of aliphatic hydroxyl groups is 1. The van der Waals surface area contributed by atoms with Gasteiger partial charge in [-0.3, -0.25) is 4.79 Å². The fraction of sp³-hybridized carbons (Fsp3) is 0.909. The molecule has 1 aliphatic rings. The first kappa shape index (κ1) is 12.5. The minimum absolute atomic E-state index is 0.0194. The van der Waals surface area contributed by atoms with Crippen molar-refractivity contribution in [2.24, 2.45) is 0 Å². The fourth-order valence-corrected chi connectivity index (χ4v) is 1.81. The largest absolute Gasteiger partial charge is 0.391 e. The Bertz CT molecular complexity index is 209. The molecule has 0 bridgehead atoms. The fourth-order valence-electron chi connectivity index (χ4n) is 1.81. The van der Waals surface area contributed by atoms with Gasteiger partial charge in [0.15, 0.2) is 0 Å². The number of β-amino-alcohol motifs (C(OH)–C–C–N with tert-alkyl or cyclic N) is 1. The molecule has 15 heavy (non-hydrogen) atoms. The van der Waals surface area contributed by atoms with Gasteiger partial charge >= 0.3 is 0 Å². The van der Waals surface area contributed by atoms with Gasteiger partial charge < -0.3 is 15.3 Å². The summed E-state index contributed by atoms with van der Waals surface area (Å²) in [5.41, 5.74) is 0. The molecule has 0 radical (unpaired) electrons. The van der Waals surface area contributed by atoms with Crippen LogP contribution in [0.2, 0.25) is 0 Å². The minimum Gasteiger partial charge on any atom is -0.391 e. The topological polar surface area (TPSA) is 52.6 Å². The number of likely N-dealkylation sites (tertiary alicyclic amines) is 1. The van der Waals surface area contributed by atoms with Gasteiger partial charge in [-0.05, 0) is 25.8 Å². The summed E-state index contributed by atoms with van der Waals surface area (Å²) in [6, 6.07) is -0.0194. The molecular weight excluding hydrogens is 192 g/mol. The van der Waals surface area contributed by atoms with Crippen molar-refractivity contribution in [1.82, 2.24) is 10.2 Å². The lowest BCUT2D eigenvalue weighted by molar-refractivity contribution is -0.130. The van der Waals surface area contributed by atoms with Gasteiger partial charge in [0, 0.05) is 13.1 Å². The second-order valence-corrected chi connectivity index (χ2v) is 4.14. The van der Waals surface area contributed by atoms with Crippen LogP contribution in [0.1, 0.15) is 33.1 Å². The summed E-state index contributed by atoms with van der Waals surface area (Å²) in [5.74, 6) is 0.149. The molecule has 1 amide bonds. The number of aliphatic hydroxyl groups excluding tert-OH is 1. The van der Waals surface area contributed by atoms with E-state index in [1.165, 1.54) is 0 Å². The van der Waals surface area contributed by atoms with Crippen molar-refractivity contribution in [3.8, 4) is 0 Å². The molecule has 88 valence electrons. The summed E-state index contributed by atoms with van der Waals surface area (Å²) in [5, 5.41) is 12.7. The van der Waals surface area contributed by atoms with Crippen LogP contribution in [0.5, 0.6) is 0 Å². The standard InChI is InChI=1S/C11H22N2O2/c1-3-6-12-10-5-7-13(11(10)15)8-9(14)4-2/h9-10,12,14H,3-8H2,1-2H3. The molecule has 1 fully saturated rings. The monoisotopic (exact) mass is 214 g/mol. The van der Waals surface area contributed by atoms with Gasteiger partial charge in [-0.1, -0.05) is 13.8 Å². The van der Waals surface area contributed by atoms with Crippen LogP contribution in [0.4, 0.5) is 0 Å². The minimum atomic E-state index is -0.376. The number of carbonyl (C=O) groups excluding carboxylic acids is 1. The van der Waals surface area contributed by atoms with E-state index in [0.29, 0.717) is 13.0 Å². The predicted octanol–water partition coefficient (Wildman–Crippen LogP) is 0.358. The Morgan fingerprint density at radius 1 is 1.60 bits per heavy atom. The molecule has 1 rings (SSSR count). The summed E-state index contributed by atoms with van der Waals surface area (Å²) < 4.78 is 0. The molecule has 0 aromatic carbocycles. The number of nitrogens with one attached hydrogen (secondary N) is 1. The van der Waals surface area contributed by atoms with Crippen LogP contribution in [0.25, 0.3) is 0 Å². The van der Waals surface area contributed by atoms with E-state index in [1.54, 1.807) is 4.90 Å². The quantitative estimate of drug-likeness (QED) is 0.671. The predicted molar refractivity (Wildman–Crippen MR) is 59.6 cm³/mol. The van der Waals surface area contributed by atoms with E-state index >= 15 is 0 Å². The molecule has 2 N–H and O–H groups in total. The van der Waals surface area contributed by atoms with Crippen LogP contribution in [0.15, 0.2) is 0 Å². The first-order valence-corrected chi connectivity index (χ1v) is 5.89. The molecule has 0 saturated carbocycles. The molecule has 1 heterocycles. The molecule has 0 spiro atoms. The Labute approximate surface area is 91.6 Å². The second-order valence-electron chi connectivity index (χ2n) is 4.14. The normalized spacial score (nSPS) is 23.5. The molecule has 0 aromatic heterocycles. The van der Waals surface area contributed by atoms with Crippen LogP contribution in [-0.2, 0) is 4.79 Å². The lowest BCUT2D eigenvalue weighted by atomic mass is 10.2. The van der Waals surface area contributed by atoms with Crippen LogP contribution in [0, 0.1) is 0 Å². The molecule has 1 aliphatic heterocycles.